The van der Waals surface area contributed by atoms with Gasteiger partial charge in [-0.25, -0.2) is 9.36 Å². The van der Waals surface area contributed by atoms with Crippen molar-refractivity contribution < 1.29 is 28.9 Å². The zero-order chi connectivity index (χ0) is 31.5. The van der Waals surface area contributed by atoms with Crippen molar-refractivity contribution in [3.8, 4) is 0 Å². The number of carboxylic acids is 1. The maximum absolute atomic E-state index is 13.1. The smallest absolute Gasteiger partial charge is 0.352 e. The predicted octanol–water partition coefficient (Wildman–Crippen LogP) is -1.34. The first-order valence-electron chi connectivity index (χ1n) is 12.9. The van der Waals surface area contributed by atoms with Crippen LogP contribution in [0.4, 0.5) is 5.13 Å². The third-order valence-corrected chi connectivity index (χ3v) is 9.32. The Morgan fingerprint density at radius 2 is 2.05 bits per heavy atom. The van der Waals surface area contributed by atoms with Gasteiger partial charge in [-0.2, -0.15) is 14.3 Å². The van der Waals surface area contributed by atoms with Crippen molar-refractivity contribution in [1.82, 2.24) is 34.3 Å². The number of carbonyl (C=O) groups excluding carboxylic acids is 2. The van der Waals surface area contributed by atoms with E-state index in [1.165, 1.54) is 33.1 Å². The molecule has 1 fully saturated rings. The van der Waals surface area contributed by atoms with Gasteiger partial charge in [-0.05, 0) is 12.5 Å². The number of aromatic amines is 1. The van der Waals surface area contributed by atoms with E-state index in [1.54, 1.807) is 30.9 Å². The topological polar surface area (TPSA) is 232 Å². The summed E-state index contributed by atoms with van der Waals surface area (Å²) >= 11 is 3.47. The van der Waals surface area contributed by atoms with E-state index in [4.69, 9.17) is 10.6 Å². The molecule has 0 bridgehead atoms. The highest BCUT2D eigenvalue weighted by molar-refractivity contribution is 8.00. The molecule has 5 N–H and O–H groups in total. The third kappa shape index (κ3) is 6.36. The molecule has 5 heterocycles. The van der Waals surface area contributed by atoms with Gasteiger partial charge in [0.15, 0.2) is 29.2 Å². The molecule has 1 unspecified atom stereocenters. The second kappa shape index (κ2) is 13.0. The average molecular weight is 662 g/mol. The van der Waals surface area contributed by atoms with E-state index in [0.29, 0.717) is 22.2 Å². The van der Waals surface area contributed by atoms with E-state index >= 15 is 0 Å². The number of nitrogen functional groups attached to an aromatic ring is 1. The maximum Gasteiger partial charge on any atom is 0.352 e. The second-order valence-electron chi connectivity index (χ2n) is 9.30. The molecule has 0 aliphatic carbocycles. The van der Waals surface area contributed by atoms with Crippen LogP contribution >= 0.6 is 35.1 Å². The van der Waals surface area contributed by atoms with Crippen molar-refractivity contribution >= 4 is 63.7 Å². The molecule has 0 spiro atoms. The molecule has 17 nitrogen and oxygen atoms in total. The van der Waals surface area contributed by atoms with Crippen LogP contribution in [0.5, 0.6) is 0 Å². The number of H-pyrrole nitrogens is 1. The average Bonchev–Trinajstić information content (AvgIpc) is 3.43. The fourth-order valence-corrected chi connectivity index (χ4v) is 6.95. The monoisotopic (exact) mass is 661 g/mol. The Hall–Kier alpha value is -4.56. The van der Waals surface area contributed by atoms with Crippen LogP contribution in [0.25, 0.3) is 0 Å². The standard InChI is InChI=1S/C24H24N10O7S3/c1-3-41-30-13(16-27-23(25)44-31-16)17(35)26-14-20(38)34-15(22(39)40)12(10-42-21(14)34)8-33-6-4-11(5-7-33)9-43-24-28-18(36)19(37)29-32(24)2/h4-7,14,21H,3,8-10H2,1-2H3,(H4-,25,26,27,29,31,35,37,39,40)/p+1/t14?,21-/m1/s1. The van der Waals surface area contributed by atoms with Crippen LogP contribution in [0, 0.1) is 0 Å². The maximum atomic E-state index is 13.1. The number of oxime groups is 1. The molecule has 1 saturated heterocycles. The van der Waals surface area contributed by atoms with Gasteiger partial charge in [0.05, 0.1) is 0 Å². The number of carbonyl (C=O) groups is 3. The zero-order valence-electron chi connectivity index (χ0n) is 23.1. The number of rotatable bonds is 11. The van der Waals surface area contributed by atoms with Crippen molar-refractivity contribution in [2.75, 3.05) is 18.1 Å². The van der Waals surface area contributed by atoms with E-state index in [1.807, 2.05) is 12.1 Å². The van der Waals surface area contributed by atoms with Crippen LogP contribution in [0.3, 0.4) is 0 Å². The number of pyridine rings is 1. The lowest BCUT2D eigenvalue weighted by Gasteiger charge is -2.49. The summed E-state index contributed by atoms with van der Waals surface area (Å²) in [4.78, 5) is 75.4. The van der Waals surface area contributed by atoms with Gasteiger partial charge in [-0.3, -0.25) is 33.9 Å². The fraction of sp³-hybridized carbons (Fsp3) is 0.333. The van der Waals surface area contributed by atoms with E-state index in [0.717, 1.165) is 17.1 Å². The number of β-lactam (4-membered cyclic amide) rings is 1. The second-order valence-corrected chi connectivity index (χ2v) is 12.1. The van der Waals surface area contributed by atoms with Gasteiger partial charge in [0, 0.05) is 47.8 Å². The van der Waals surface area contributed by atoms with Crippen molar-refractivity contribution in [2.24, 2.45) is 12.2 Å². The molecule has 230 valence electrons. The number of nitrogens with zero attached hydrogens (tertiary/aromatic N) is 7. The molecule has 0 aromatic carbocycles. The molecule has 0 radical (unpaired) electrons. The molecular weight excluding hydrogens is 637 g/mol. The molecule has 2 atom stereocenters. The van der Waals surface area contributed by atoms with Gasteiger partial charge in [0.1, 0.15) is 23.7 Å². The summed E-state index contributed by atoms with van der Waals surface area (Å²) in [5, 5.41) is 18.7. The largest absolute Gasteiger partial charge is 0.477 e. The summed E-state index contributed by atoms with van der Waals surface area (Å²) in [6.45, 7) is 2.07. The van der Waals surface area contributed by atoms with Crippen LogP contribution in [0.15, 0.2) is 55.7 Å². The SMILES string of the molecule is CCON=C(C(=O)NC1C(=O)N2C(C(=O)O)=C(C[n+]3ccc(CSc4nc(=O)c(=O)[nH]n4C)cc3)CS[C@H]12)c1nsc(N)n1. The van der Waals surface area contributed by atoms with Crippen LogP contribution < -0.4 is 26.7 Å². The van der Waals surface area contributed by atoms with Crippen LogP contribution in [-0.4, -0.2) is 81.4 Å². The first kappa shape index (κ1) is 30.9. The van der Waals surface area contributed by atoms with Crippen molar-refractivity contribution in [2.45, 2.75) is 35.8 Å². The van der Waals surface area contributed by atoms with Gasteiger partial charge < -0.3 is 21.0 Å². The van der Waals surface area contributed by atoms with Crippen LogP contribution in [-0.2, 0) is 38.6 Å². The summed E-state index contributed by atoms with van der Waals surface area (Å²) in [5.41, 5.74) is 5.02. The van der Waals surface area contributed by atoms with Crippen LogP contribution in [0.1, 0.15) is 18.3 Å². The number of fused-ring (bicyclic) bond motifs is 1. The Labute approximate surface area is 260 Å². The lowest BCUT2D eigenvalue weighted by Crippen LogP contribution is -2.71. The number of aliphatic carboxylic acids is 1. The quantitative estimate of drug-likeness (QED) is 0.0466. The number of carboxylic acid groups (broad SMARTS) is 1. The molecule has 2 amide bonds. The van der Waals surface area contributed by atoms with Gasteiger partial charge in [0.2, 0.25) is 11.5 Å². The summed E-state index contributed by atoms with van der Waals surface area (Å²) < 4.78 is 7.14. The number of aromatic nitrogens is 6. The zero-order valence-corrected chi connectivity index (χ0v) is 25.6. The first-order chi connectivity index (χ1) is 21.1. The minimum atomic E-state index is -1.25. The summed E-state index contributed by atoms with van der Waals surface area (Å²) in [6.07, 6.45) is 3.55. The van der Waals surface area contributed by atoms with Crippen molar-refractivity contribution in [3.05, 3.63) is 67.9 Å². The highest BCUT2D eigenvalue weighted by atomic mass is 32.2. The number of thioether (sulfide) groups is 2. The van der Waals surface area contributed by atoms with Crippen molar-refractivity contribution in [3.63, 3.8) is 0 Å². The van der Waals surface area contributed by atoms with Gasteiger partial charge >= 0.3 is 17.1 Å². The Morgan fingerprint density at radius 1 is 1.30 bits per heavy atom. The highest BCUT2D eigenvalue weighted by Crippen LogP contribution is 2.40. The van der Waals surface area contributed by atoms with Gasteiger partial charge in [-0.15, -0.1) is 11.8 Å². The summed E-state index contributed by atoms with van der Waals surface area (Å²) in [5.74, 6) is -1.86. The lowest BCUT2D eigenvalue weighted by molar-refractivity contribution is -0.689. The first-order valence-corrected chi connectivity index (χ1v) is 15.7. The highest BCUT2D eigenvalue weighted by Gasteiger charge is 2.55. The molecule has 44 heavy (non-hydrogen) atoms. The fourth-order valence-electron chi connectivity index (χ4n) is 4.31. The number of nitrogens with one attached hydrogen (secondary N) is 2. The van der Waals surface area contributed by atoms with E-state index < -0.39 is 40.3 Å². The molecule has 2 aliphatic heterocycles. The van der Waals surface area contributed by atoms with Gasteiger partial charge in [0.25, 0.3) is 11.8 Å². The minimum Gasteiger partial charge on any atom is -0.477 e. The Kier molecular flexibility index (Phi) is 9.11. The van der Waals surface area contributed by atoms with E-state index in [-0.39, 0.29) is 35.5 Å². The number of amides is 2. The molecule has 2 aliphatic rings. The third-order valence-electron chi connectivity index (χ3n) is 6.34. The van der Waals surface area contributed by atoms with Gasteiger partial charge in [-0.1, -0.05) is 16.9 Å². The number of aryl methyl sites for hydroxylation is 1. The summed E-state index contributed by atoms with van der Waals surface area (Å²) in [7, 11) is 1.58. The minimum absolute atomic E-state index is 0.0490. The Morgan fingerprint density at radius 3 is 2.70 bits per heavy atom. The molecule has 0 saturated carbocycles. The number of hydrogen-bond acceptors (Lipinski definition) is 14. The Balaban J connectivity index is 1.26. The summed E-state index contributed by atoms with van der Waals surface area (Å²) in [6, 6.07) is 2.68. The molecule has 20 heteroatoms. The van der Waals surface area contributed by atoms with Crippen LogP contribution in [0.2, 0.25) is 0 Å². The number of nitrogens with two attached hydrogens (primary N) is 1. The Bertz CT molecular complexity index is 1800. The normalized spacial score (nSPS) is 18.1. The molecule has 3 aromatic rings. The number of anilines is 1. The molecule has 5 rings (SSSR count). The van der Waals surface area contributed by atoms with Crippen molar-refractivity contribution in [1.29, 1.82) is 0 Å². The lowest BCUT2D eigenvalue weighted by atomic mass is 10.0. The number of hydrogen-bond donors (Lipinski definition) is 4. The molecular formula is C24H25N10O7S3+. The van der Waals surface area contributed by atoms with E-state index in [2.05, 4.69) is 29.9 Å². The van der Waals surface area contributed by atoms with E-state index in [9.17, 15) is 29.1 Å². The predicted molar refractivity (Wildman–Crippen MR) is 158 cm³/mol. The molecule has 3 aromatic heterocycles.